The number of aliphatic hydroxyl groups excluding tert-OH is 1. The second-order valence-electron chi connectivity index (χ2n) is 9.96. The van der Waals surface area contributed by atoms with Gasteiger partial charge in [0.05, 0.1) is 38.7 Å². The van der Waals surface area contributed by atoms with E-state index in [1.54, 1.807) is 62.4 Å². The number of aliphatic hydroxyl groups is 1. The summed E-state index contributed by atoms with van der Waals surface area (Å²) in [5, 5.41) is 21.0. The Labute approximate surface area is 290 Å². The number of rotatable bonds is 14. The van der Waals surface area contributed by atoms with E-state index >= 15 is 0 Å². The predicted octanol–water partition coefficient (Wildman–Crippen LogP) is 5.86. The first kappa shape index (κ1) is 35.7. The van der Waals surface area contributed by atoms with E-state index in [0.29, 0.717) is 60.9 Å². The van der Waals surface area contributed by atoms with E-state index in [4.69, 9.17) is 46.9 Å². The minimum atomic E-state index is -1.19. The number of ether oxygens (including phenoxy) is 5. The number of nitrogens with zero attached hydrogens (tertiary/aromatic N) is 1. The average Bonchev–Trinajstić information content (AvgIpc) is 3.04. The third-order valence-electron chi connectivity index (χ3n) is 6.78. The van der Waals surface area contributed by atoms with Crippen molar-refractivity contribution < 1.29 is 38.4 Å². The number of carbonyl (C=O) groups excluding carboxylic acids is 2. The van der Waals surface area contributed by atoms with Crippen molar-refractivity contribution in [2.24, 2.45) is 5.10 Å². The highest BCUT2D eigenvalue weighted by Gasteiger charge is 2.32. The molecule has 0 saturated carbocycles. The third kappa shape index (κ3) is 9.22. The highest BCUT2D eigenvalue weighted by atomic mass is 79.9. The number of urea groups is 1. The Morgan fingerprint density at radius 2 is 1.83 bits per heavy atom. The summed E-state index contributed by atoms with van der Waals surface area (Å²) in [6.45, 7) is 3.76. The molecule has 1 heterocycles. The summed E-state index contributed by atoms with van der Waals surface area (Å²) in [6, 6.07) is 12.4. The van der Waals surface area contributed by atoms with Gasteiger partial charge in [-0.1, -0.05) is 35.3 Å². The molecular weight excluding hydrogens is 719 g/mol. The van der Waals surface area contributed by atoms with Crippen LogP contribution in [0, 0.1) is 0 Å². The van der Waals surface area contributed by atoms with Gasteiger partial charge in [0.1, 0.15) is 13.2 Å². The first-order valence-corrected chi connectivity index (χ1v) is 15.8. The summed E-state index contributed by atoms with van der Waals surface area (Å²) in [4.78, 5) is 24.6. The van der Waals surface area contributed by atoms with Crippen molar-refractivity contribution in [3.8, 4) is 23.0 Å². The zero-order chi connectivity index (χ0) is 34.1. The molecule has 47 heavy (non-hydrogen) atoms. The number of hydrogen-bond acceptors (Lipinski definition) is 10. The lowest BCUT2D eigenvalue weighted by molar-refractivity contribution is -0.136. The number of hydrogen-bond donors (Lipinski definition) is 4. The van der Waals surface area contributed by atoms with Crippen molar-refractivity contribution in [3.63, 3.8) is 0 Å². The maximum Gasteiger partial charge on any atom is 0.337 e. The molecular formula is C32H33BrCl2N4O8. The minimum absolute atomic E-state index is 0.183. The number of methoxy groups -OCH3 is 2. The first-order chi connectivity index (χ1) is 22.5. The van der Waals surface area contributed by atoms with Gasteiger partial charge >= 0.3 is 12.0 Å². The lowest BCUT2D eigenvalue weighted by atomic mass is 9.95. The zero-order valence-corrected chi connectivity index (χ0v) is 29.0. The van der Waals surface area contributed by atoms with Gasteiger partial charge in [0.2, 0.25) is 0 Å². The van der Waals surface area contributed by atoms with E-state index in [1.165, 1.54) is 20.4 Å². The molecule has 2 atom stereocenters. The van der Waals surface area contributed by atoms with Gasteiger partial charge < -0.3 is 39.4 Å². The molecule has 1 aliphatic heterocycles. The van der Waals surface area contributed by atoms with Crippen molar-refractivity contribution in [2.45, 2.75) is 32.7 Å². The summed E-state index contributed by atoms with van der Waals surface area (Å²) < 4.78 is 28.6. The molecule has 0 saturated heterocycles. The van der Waals surface area contributed by atoms with E-state index in [-0.39, 0.29) is 18.8 Å². The topological polar surface area (TPSA) is 149 Å². The summed E-state index contributed by atoms with van der Waals surface area (Å²) in [7, 11) is 2.79. The Morgan fingerprint density at radius 3 is 2.53 bits per heavy atom. The van der Waals surface area contributed by atoms with Gasteiger partial charge in [-0.3, -0.25) is 5.43 Å². The van der Waals surface area contributed by atoms with Crippen LogP contribution in [0.15, 0.2) is 69.4 Å². The van der Waals surface area contributed by atoms with Gasteiger partial charge in [-0.15, -0.1) is 0 Å². The second-order valence-corrected chi connectivity index (χ2v) is 11.7. The molecule has 250 valence electrons. The lowest BCUT2D eigenvalue weighted by Gasteiger charge is -2.28. The maximum absolute atomic E-state index is 12.5. The van der Waals surface area contributed by atoms with Crippen LogP contribution < -0.4 is 35.0 Å². The monoisotopic (exact) mass is 750 g/mol. The summed E-state index contributed by atoms with van der Waals surface area (Å²) in [5.41, 5.74) is 5.24. The van der Waals surface area contributed by atoms with E-state index in [0.717, 1.165) is 5.56 Å². The van der Waals surface area contributed by atoms with Crippen LogP contribution in [0.1, 0.15) is 36.6 Å². The molecule has 0 bridgehead atoms. The van der Waals surface area contributed by atoms with Crippen LogP contribution in [0.25, 0.3) is 0 Å². The number of esters is 1. The Balaban J connectivity index is 1.39. The van der Waals surface area contributed by atoms with Crippen molar-refractivity contribution >= 4 is 57.3 Å². The third-order valence-corrected chi connectivity index (χ3v) is 8.05. The normalized spacial score (nSPS) is 15.1. The van der Waals surface area contributed by atoms with Crippen LogP contribution in [-0.2, 0) is 16.1 Å². The fourth-order valence-electron chi connectivity index (χ4n) is 4.53. The number of carbonyl (C=O) groups is 2. The molecule has 3 aromatic carbocycles. The molecule has 0 aromatic heterocycles. The Kier molecular flexibility index (Phi) is 12.6. The lowest BCUT2D eigenvalue weighted by Crippen LogP contribution is -2.45. The highest BCUT2D eigenvalue weighted by molar-refractivity contribution is 9.10. The van der Waals surface area contributed by atoms with Crippen molar-refractivity contribution in [1.29, 1.82) is 0 Å². The average molecular weight is 752 g/mol. The van der Waals surface area contributed by atoms with Crippen LogP contribution in [0.3, 0.4) is 0 Å². The molecule has 0 unspecified atom stereocenters. The van der Waals surface area contributed by atoms with Crippen LogP contribution in [0.4, 0.5) is 4.79 Å². The van der Waals surface area contributed by atoms with Crippen molar-refractivity contribution in [3.05, 3.63) is 91.0 Å². The van der Waals surface area contributed by atoms with Crippen LogP contribution in [0.5, 0.6) is 23.0 Å². The van der Waals surface area contributed by atoms with Crippen LogP contribution in [0.2, 0.25) is 10.0 Å². The van der Waals surface area contributed by atoms with Gasteiger partial charge in [-0.05, 0) is 71.7 Å². The van der Waals surface area contributed by atoms with E-state index in [1.807, 2.05) is 0 Å². The summed E-state index contributed by atoms with van der Waals surface area (Å²) in [5.74, 6) is 1.05. The molecule has 4 rings (SSSR count). The number of allylic oxidation sites excluding steroid dienone is 1. The number of halogens is 3. The SMILES string of the molecule is CCOc1cc([C@@H]2NC(=O)NC(C)=C2C(=O)OC)ccc1OC[C@@H](O)N/N=C\c1cc(OC)c(OCc2ccc(Cl)cc2Cl)cc1Br. The van der Waals surface area contributed by atoms with Crippen LogP contribution >= 0.6 is 39.1 Å². The molecule has 1 aliphatic rings. The highest BCUT2D eigenvalue weighted by Crippen LogP contribution is 2.36. The second kappa shape index (κ2) is 16.6. The smallest absolute Gasteiger partial charge is 0.337 e. The van der Waals surface area contributed by atoms with Crippen molar-refractivity contribution in [2.75, 3.05) is 27.4 Å². The fraction of sp³-hybridized carbons (Fsp3) is 0.281. The van der Waals surface area contributed by atoms with Crippen molar-refractivity contribution in [1.82, 2.24) is 16.1 Å². The molecule has 2 amide bonds. The van der Waals surface area contributed by atoms with Gasteiger partial charge in [-0.2, -0.15) is 5.10 Å². The van der Waals surface area contributed by atoms with E-state index in [9.17, 15) is 14.7 Å². The van der Waals surface area contributed by atoms with Gasteiger partial charge in [0.15, 0.2) is 29.2 Å². The largest absolute Gasteiger partial charge is 0.493 e. The first-order valence-electron chi connectivity index (χ1n) is 14.2. The standard InChI is InChI=1S/C32H33BrCl2N4O8/c1-5-45-26-10-18(30-29(31(41)44-4)17(2)37-32(42)38-30)7-9-24(26)47-16-28(40)39-36-14-20-11-25(43-3)27(13-22(20)33)46-15-19-6-8-21(34)12-23(19)35/h6-14,28,30,39-40H,5,15-16H2,1-4H3,(H2,37,38,42)/b36-14-/t28-,30+/m1/s1. The van der Waals surface area contributed by atoms with Gasteiger partial charge in [0.25, 0.3) is 0 Å². The number of amides is 2. The molecule has 4 N–H and O–H groups in total. The molecule has 0 radical (unpaired) electrons. The minimum Gasteiger partial charge on any atom is -0.493 e. The number of nitrogens with one attached hydrogen (secondary N) is 3. The van der Waals surface area contributed by atoms with E-state index < -0.39 is 24.3 Å². The van der Waals surface area contributed by atoms with Gasteiger partial charge in [0, 0.05) is 31.3 Å². The van der Waals surface area contributed by atoms with E-state index in [2.05, 4.69) is 37.1 Å². The Hall–Kier alpha value is -4.17. The summed E-state index contributed by atoms with van der Waals surface area (Å²) >= 11 is 15.7. The number of benzene rings is 3. The molecule has 15 heteroatoms. The number of hydrazone groups is 1. The zero-order valence-electron chi connectivity index (χ0n) is 25.9. The Morgan fingerprint density at radius 1 is 1.06 bits per heavy atom. The molecule has 0 aliphatic carbocycles. The van der Waals surface area contributed by atoms with Crippen LogP contribution in [-0.4, -0.2) is 57.0 Å². The molecule has 3 aromatic rings. The Bertz CT molecular complexity index is 1690. The quantitative estimate of drug-likeness (QED) is 0.0688. The predicted molar refractivity (Wildman–Crippen MR) is 180 cm³/mol. The van der Waals surface area contributed by atoms with Gasteiger partial charge in [-0.25, -0.2) is 9.59 Å². The molecule has 0 spiro atoms. The maximum atomic E-state index is 12.5. The summed E-state index contributed by atoms with van der Waals surface area (Å²) in [6.07, 6.45) is 0.311. The molecule has 12 nitrogen and oxygen atoms in total. The fourth-order valence-corrected chi connectivity index (χ4v) is 5.42. The molecule has 0 fully saturated rings.